The molecule has 0 bridgehead atoms. The standard InChI is InChI=1S/C15H13Cl3O/c1-19-11-7-5-10(6-8-11)9-14(17)12-3-2-4-13(16)15(12)18/h2-8,14H,9H2,1H3. The largest absolute Gasteiger partial charge is 0.497 e. The van der Waals surface area contributed by atoms with E-state index in [1.807, 2.05) is 36.4 Å². The molecule has 1 atom stereocenters. The lowest BCUT2D eigenvalue weighted by atomic mass is 10.0. The van der Waals surface area contributed by atoms with Crippen LogP contribution >= 0.6 is 34.8 Å². The summed E-state index contributed by atoms with van der Waals surface area (Å²) in [5.41, 5.74) is 1.98. The van der Waals surface area contributed by atoms with E-state index < -0.39 is 0 Å². The van der Waals surface area contributed by atoms with Crippen LogP contribution in [-0.2, 0) is 6.42 Å². The third kappa shape index (κ3) is 3.56. The van der Waals surface area contributed by atoms with Crippen LogP contribution in [0.15, 0.2) is 42.5 Å². The molecule has 0 saturated heterocycles. The second-order valence-electron chi connectivity index (χ2n) is 4.16. The van der Waals surface area contributed by atoms with Crippen molar-refractivity contribution in [3.63, 3.8) is 0 Å². The minimum Gasteiger partial charge on any atom is -0.497 e. The van der Waals surface area contributed by atoms with Gasteiger partial charge in [-0.15, -0.1) is 11.6 Å². The first-order chi connectivity index (χ1) is 9.11. The fourth-order valence-electron chi connectivity index (χ4n) is 1.84. The third-order valence-corrected chi connectivity index (χ3v) is 4.12. The maximum absolute atomic E-state index is 6.42. The van der Waals surface area contributed by atoms with Gasteiger partial charge in [-0.3, -0.25) is 0 Å². The van der Waals surface area contributed by atoms with Crippen LogP contribution in [0.5, 0.6) is 5.75 Å². The highest BCUT2D eigenvalue weighted by atomic mass is 35.5. The molecule has 0 spiro atoms. The van der Waals surface area contributed by atoms with Gasteiger partial charge >= 0.3 is 0 Å². The van der Waals surface area contributed by atoms with Crippen LogP contribution in [0.2, 0.25) is 10.0 Å². The van der Waals surface area contributed by atoms with Crippen LogP contribution < -0.4 is 4.74 Å². The second-order valence-corrected chi connectivity index (χ2v) is 5.47. The Kier molecular flexibility index (Phi) is 4.98. The van der Waals surface area contributed by atoms with E-state index in [1.54, 1.807) is 13.2 Å². The van der Waals surface area contributed by atoms with Gasteiger partial charge in [-0.05, 0) is 35.7 Å². The van der Waals surface area contributed by atoms with E-state index in [2.05, 4.69) is 0 Å². The Hall–Kier alpha value is -0.890. The van der Waals surface area contributed by atoms with Gasteiger partial charge in [-0.25, -0.2) is 0 Å². The molecule has 100 valence electrons. The maximum Gasteiger partial charge on any atom is 0.118 e. The molecule has 1 unspecified atom stereocenters. The Bertz CT molecular complexity index is 552. The summed E-state index contributed by atoms with van der Waals surface area (Å²) in [6.45, 7) is 0. The predicted octanol–water partition coefficient (Wildman–Crippen LogP) is 5.52. The zero-order valence-corrected chi connectivity index (χ0v) is 12.6. The van der Waals surface area contributed by atoms with Gasteiger partial charge in [0.15, 0.2) is 0 Å². The van der Waals surface area contributed by atoms with Gasteiger partial charge in [-0.1, -0.05) is 47.5 Å². The SMILES string of the molecule is COc1ccc(CC(Cl)c2cccc(Cl)c2Cl)cc1. The quantitative estimate of drug-likeness (QED) is 0.675. The Labute approximate surface area is 128 Å². The number of benzene rings is 2. The van der Waals surface area contributed by atoms with Crippen LogP contribution in [0.3, 0.4) is 0 Å². The monoisotopic (exact) mass is 314 g/mol. The van der Waals surface area contributed by atoms with Gasteiger partial charge in [0, 0.05) is 0 Å². The lowest BCUT2D eigenvalue weighted by Gasteiger charge is -2.13. The van der Waals surface area contributed by atoms with Crippen LogP contribution in [0.25, 0.3) is 0 Å². The van der Waals surface area contributed by atoms with E-state index in [1.165, 1.54) is 0 Å². The molecule has 0 aliphatic rings. The van der Waals surface area contributed by atoms with Crippen molar-refractivity contribution in [1.29, 1.82) is 0 Å². The Morgan fingerprint density at radius 1 is 1.05 bits per heavy atom. The summed E-state index contributed by atoms with van der Waals surface area (Å²) in [5, 5.41) is 0.844. The molecule has 0 radical (unpaired) electrons. The minimum absolute atomic E-state index is 0.209. The first-order valence-corrected chi connectivity index (χ1v) is 7.02. The molecule has 0 heterocycles. The summed E-state index contributed by atoms with van der Waals surface area (Å²) in [7, 11) is 1.64. The van der Waals surface area contributed by atoms with Crippen molar-refractivity contribution >= 4 is 34.8 Å². The molecule has 2 aromatic carbocycles. The van der Waals surface area contributed by atoms with Gasteiger partial charge in [0.25, 0.3) is 0 Å². The topological polar surface area (TPSA) is 9.23 Å². The summed E-state index contributed by atoms with van der Waals surface area (Å²) in [6, 6.07) is 13.3. The van der Waals surface area contributed by atoms with Crippen LogP contribution in [0.1, 0.15) is 16.5 Å². The Balaban J connectivity index is 2.15. The molecule has 0 saturated carbocycles. The average molecular weight is 316 g/mol. The van der Waals surface area contributed by atoms with Gasteiger partial charge in [0.05, 0.1) is 22.5 Å². The minimum atomic E-state index is -0.209. The van der Waals surface area contributed by atoms with E-state index >= 15 is 0 Å². The predicted molar refractivity (Wildman–Crippen MR) is 81.8 cm³/mol. The van der Waals surface area contributed by atoms with Crippen LogP contribution in [0, 0.1) is 0 Å². The number of ether oxygens (including phenoxy) is 1. The molecule has 2 rings (SSSR count). The molecule has 1 nitrogen and oxygen atoms in total. The highest BCUT2D eigenvalue weighted by Gasteiger charge is 2.14. The van der Waals surface area contributed by atoms with E-state index in [9.17, 15) is 0 Å². The summed E-state index contributed by atoms with van der Waals surface area (Å²) < 4.78 is 5.12. The highest BCUT2D eigenvalue weighted by molar-refractivity contribution is 6.43. The summed E-state index contributed by atoms with van der Waals surface area (Å²) >= 11 is 18.6. The summed E-state index contributed by atoms with van der Waals surface area (Å²) in [5.74, 6) is 0.829. The molecule has 0 N–H and O–H groups in total. The van der Waals surface area contributed by atoms with Gasteiger partial charge in [0.1, 0.15) is 5.75 Å². The number of rotatable bonds is 4. The molecule has 4 heteroatoms. The molecule has 2 aromatic rings. The molecular formula is C15H13Cl3O. The van der Waals surface area contributed by atoms with Crippen molar-refractivity contribution in [2.24, 2.45) is 0 Å². The fraction of sp³-hybridized carbons (Fsp3) is 0.200. The zero-order chi connectivity index (χ0) is 13.8. The number of methoxy groups -OCH3 is 1. The third-order valence-electron chi connectivity index (χ3n) is 2.89. The Morgan fingerprint density at radius 2 is 1.74 bits per heavy atom. The second kappa shape index (κ2) is 6.51. The number of hydrogen-bond acceptors (Lipinski definition) is 1. The highest BCUT2D eigenvalue weighted by Crippen LogP contribution is 2.35. The van der Waals surface area contributed by atoms with Crippen molar-refractivity contribution in [2.45, 2.75) is 11.8 Å². The smallest absolute Gasteiger partial charge is 0.118 e. The van der Waals surface area contributed by atoms with Gasteiger partial charge in [-0.2, -0.15) is 0 Å². The normalized spacial score (nSPS) is 12.2. The van der Waals surface area contributed by atoms with Crippen molar-refractivity contribution in [1.82, 2.24) is 0 Å². The molecule has 0 fully saturated rings. The van der Waals surface area contributed by atoms with E-state index in [0.717, 1.165) is 16.9 Å². The van der Waals surface area contributed by atoms with Crippen molar-refractivity contribution < 1.29 is 4.74 Å². The van der Waals surface area contributed by atoms with E-state index in [4.69, 9.17) is 39.5 Å². The zero-order valence-electron chi connectivity index (χ0n) is 10.4. The molecule has 19 heavy (non-hydrogen) atoms. The average Bonchev–Trinajstić information content (AvgIpc) is 2.42. The molecule has 0 aromatic heterocycles. The van der Waals surface area contributed by atoms with Gasteiger partial charge < -0.3 is 4.74 Å². The molecule has 0 aliphatic heterocycles. The fourth-order valence-corrected chi connectivity index (χ4v) is 2.70. The first kappa shape index (κ1) is 14.5. The van der Waals surface area contributed by atoms with Crippen LogP contribution in [0.4, 0.5) is 0 Å². The van der Waals surface area contributed by atoms with Crippen molar-refractivity contribution in [2.75, 3.05) is 7.11 Å². The van der Waals surface area contributed by atoms with Crippen molar-refractivity contribution in [3.05, 3.63) is 63.6 Å². The Morgan fingerprint density at radius 3 is 2.37 bits per heavy atom. The van der Waals surface area contributed by atoms with Crippen molar-refractivity contribution in [3.8, 4) is 5.75 Å². The first-order valence-electron chi connectivity index (χ1n) is 5.82. The number of halogens is 3. The summed E-state index contributed by atoms with van der Waals surface area (Å²) in [4.78, 5) is 0. The number of hydrogen-bond donors (Lipinski definition) is 0. The number of alkyl halides is 1. The van der Waals surface area contributed by atoms with E-state index in [0.29, 0.717) is 16.5 Å². The lowest BCUT2D eigenvalue weighted by molar-refractivity contribution is 0.414. The van der Waals surface area contributed by atoms with Gasteiger partial charge in [0.2, 0.25) is 0 Å². The van der Waals surface area contributed by atoms with E-state index in [-0.39, 0.29) is 5.38 Å². The molecule has 0 amide bonds. The maximum atomic E-state index is 6.42. The molecular weight excluding hydrogens is 303 g/mol. The summed E-state index contributed by atoms with van der Waals surface area (Å²) in [6.07, 6.45) is 0.686. The van der Waals surface area contributed by atoms with Crippen LogP contribution in [-0.4, -0.2) is 7.11 Å². The lowest BCUT2D eigenvalue weighted by Crippen LogP contribution is -1.97. The molecule has 0 aliphatic carbocycles.